The molecule has 0 heterocycles. The fourth-order valence-electron chi connectivity index (χ4n) is 2.13. The number of rotatable bonds is 12. The lowest BCUT2D eigenvalue weighted by Crippen LogP contribution is -2.13. The molecule has 4 heteroatoms. The van der Waals surface area contributed by atoms with Gasteiger partial charge in [-0.3, -0.25) is 0 Å². The standard InChI is InChI=1S/C18H32O4/c1-5-8-10-16(7-3)14-22-18(20)12-11-17(19)21-13-15(4)9-6-2/h11-12,15-16H,5-10,13-14H2,1-4H3/b12-11+. The molecule has 22 heavy (non-hydrogen) atoms. The maximum absolute atomic E-state index is 11.6. The van der Waals surface area contributed by atoms with Crippen molar-refractivity contribution in [1.82, 2.24) is 0 Å². The molecule has 0 aromatic carbocycles. The van der Waals surface area contributed by atoms with Gasteiger partial charge in [0.25, 0.3) is 0 Å². The van der Waals surface area contributed by atoms with Crippen molar-refractivity contribution >= 4 is 11.9 Å². The van der Waals surface area contributed by atoms with Gasteiger partial charge < -0.3 is 9.47 Å². The Morgan fingerprint density at radius 2 is 1.50 bits per heavy atom. The molecule has 0 aliphatic carbocycles. The molecule has 0 aromatic rings. The van der Waals surface area contributed by atoms with Gasteiger partial charge in [-0.15, -0.1) is 0 Å². The molecule has 0 radical (unpaired) electrons. The van der Waals surface area contributed by atoms with Crippen LogP contribution in [0.25, 0.3) is 0 Å². The second kappa shape index (κ2) is 13.4. The average Bonchev–Trinajstić information content (AvgIpc) is 2.51. The maximum Gasteiger partial charge on any atom is 0.331 e. The van der Waals surface area contributed by atoms with Crippen LogP contribution in [0.3, 0.4) is 0 Å². The Morgan fingerprint density at radius 3 is 2.00 bits per heavy atom. The maximum atomic E-state index is 11.6. The van der Waals surface area contributed by atoms with E-state index in [0.29, 0.717) is 25.0 Å². The Balaban J connectivity index is 3.95. The Bertz CT molecular complexity index is 336. The third kappa shape index (κ3) is 11.4. The van der Waals surface area contributed by atoms with E-state index in [2.05, 4.69) is 20.8 Å². The van der Waals surface area contributed by atoms with Crippen LogP contribution in [0, 0.1) is 11.8 Å². The van der Waals surface area contributed by atoms with Gasteiger partial charge >= 0.3 is 11.9 Å². The average molecular weight is 312 g/mol. The van der Waals surface area contributed by atoms with Crippen LogP contribution in [0.1, 0.15) is 66.2 Å². The van der Waals surface area contributed by atoms with Crippen LogP contribution in [-0.4, -0.2) is 25.2 Å². The van der Waals surface area contributed by atoms with E-state index in [1.54, 1.807) is 0 Å². The first-order valence-corrected chi connectivity index (χ1v) is 8.54. The molecule has 2 unspecified atom stereocenters. The highest BCUT2D eigenvalue weighted by Gasteiger charge is 2.09. The quantitative estimate of drug-likeness (QED) is 0.398. The zero-order valence-corrected chi connectivity index (χ0v) is 14.6. The van der Waals surface area contributed by atoms with Crippen LogP contribution >= 0.6 is 0 Å². The van der Waals surface area contributed by atoms with Gasteiger partial charge in [-0.25, -0.2) is 9.59 Å². The first-order chi connectivity index (χ1) is 10.5. The third-order valence-corrected chi connectivity index (χ3v) is 3.65. The summed E-state index contributed by atoms with van der Waals surface area (Å²) < 4.78 is 10.2. The molecule has 0 fully saturated rings. The zero-order valence-electron chi connectivity index (χ0n) is 14.6. The molecule has 0 bridgehead atoms. The van der Waals surface area contributed by atoms with Crippen molar-refractivity contribution in [2.75, 3.05) is 13.2 Å². The fraction of sp³-hybridized carbons (Fsp3) is 0.778. The second-order valence-electron chi connectivity index (χ2n) is 5.90. The van der Waals surface area contributed by atoms with Crippen molar-refractivity contribution < 1.29 is 19.1 Å². The first kappa shape index (κ1) is 20.7. The Labute approximate surface area is 135 Å². The molecular formula is C18H32O4. The van der Waals surface area contributed by atoms with E-state index >= 15 is 0 Å². The molecule has 0 amide bonds. The third-order valence-electron chi connectivity index (χ3n) is 3.65. The number of esters is 2. The lowest BCUT2D eigenvalue weighted by atomic mass is 10.0. The van der Waals surface area contributed by atoms with Crippen LogP contribution in [0.2, 0.25) is 0 Å². The minimum Gasteiger partial charge on any atom is -0.462 e. The highest BCUT2D eigenvalue weighted by atomic mass is 16.5. The van der Waals surface area contributed by atoms with Gasteiger partial charge in [-0.1, -0.05) is 53.4 Å². The molecule has 4 nitrogen and oxygen atoms in total. The van der Waals surface area contributed by atoms with Crippen molar-refractivity contribution in [1.29, 1.82) is 0 Å². The van der Waals surface area contributed by atoms with Gasteiger partial charge in [0.05, 0.1) is 13.2 Å². The predicted octanol–water partition coefficient (Wildman–Crippen LogP) is 4.28. The summed E-state index contributed by atoms with van der Waals surface area (Å²) in [6, 6.07) is 0. The Kier molecular flexibility index (Phi) is 12.5. The fourth-order valence-corrected chi connectivity index (χ4v) is 2.13. The number of carbonyl (C=O) groups is 2. The van der Waals surface area contributed by atoms with Crippen LogP contribution in [0.4, 0.5) is 0 Å². The van der Waals surface area contributed by atoms with Gasteiger partial charge in [-0.05, 0) is 24.7 Å². The summed E-state index contributed by atoms with van der Waals surface area (Å²) in [6.07, 6.45) is 8.75. The van der Waals surface area contributed by atoms with Crippen molar-refractivity contribution in [2.24, 2.45) is 11.8 Å². The van der Waals surface area contributed by atoms with Crippen LogP contribution < -0.4 is 0 Å². The molecule has 0 N–H and O–H groups in total. The zero-order chi connectivity index (χ0) is 16.8. The Morgan fingerprint density at radius 1 is 0.909 bits per heavy atom. The minimum absolute atomic E-state index is 0.346. The highest BCUT2D eigenvalue weighted by Crippen LogP contribution is 2.13. The van der Waals surface area contributed by atoms with E-state index < -0.39 is 11.9 Å². The van der Waals surface area contributed by atoms with Crippen LogP contribution in [0.15, 0.2) is 12.2 Å². The number of hydrogen-bond donors (Lipinski definition) is 0. The molecule has 0 saturated carbocycles. The first-order valence-electron chi connectivity index (χ1n) is 8.54. The summed E-state index contributed by atoms with van der Waals surface area (Å²) in [5, 5.41) is 0. The van der Waals surface area contributed by atoms with Gasteiger partial charge in [0, 0.05) is 12.2 Å². The van der Waals surface area contributed by atoms with Gasteiger partial charge in [0.2, 0.25) is 0 Å². The summed E-state index contributed by atoms with van der Waals surface area (Å²) in [5.74, 6) is -0.219. The summed E-state index contributed by atoms with van der Waals surface area (Å²) >= 11 is 0. The van der Waals surface area contributed by atoms with E-state index in [9.17, 15) is 9.59 Å². The van der Waals surface area contributed by atoms with Crippen molar-refractivity contribution in [2.45, 2.75) is 66.2 Å². The number of hydrogen-bond acceptors (Lipinski definition) is 4. The van der Waals surface area contributed by atoms with E-state index in [1.807, 2.05) is 6.92 Å². The van der Waals surface area contributed by atoms with Crippen molar-refractivity contribution in [3.05, 3.63) is 12.2 Å². The van der Waals surface area contributed by atoms with E-state index in [-0.39, 0.29) is 0 Å². The smallest absolute Gasteiger partial charge is 0.331 e. The van der Waals surface area contributed by atoms with Crippen LogP contribution in [-0.2, 0) is 19.1 Å². The Hall–Kier alpha value is -1.32. The summed E-state index contributed by atoms with van der Waals surface area (Å²) in [6.45, 7) is 9.19. The molecule has 128 valence electrons. The van der Waals surface area contributed by atoms with Crippen LogP contribution in [0.5, 0.6) is 0 Å². The molecule has 0 aromatic heterocycles. The van der Waals surface area contributed by atoms with Gasteiger partial charge in [0.15, 0.2) is 0 Å². The summed E-state index contributed by atoms with van der Waals surface area (Å²) in [7, 11) is 0. The summed E-state index contributed by atoms with van der Waals surface area (Å²) in [4.78, 5) is 23.0. The number of carbonyl (C=O) groups excluding carboxylic acids is 2. The molecular weight excluding hydrogens is 280 g/mol. The van der Waals surface area contributed by atoms with E-state index in [4.69, 9.17) is 9.47 Å². The van der Waals surface area contributed by atoms with Crippen molar-refractivity contribution in [3.8, 4) is 0 Å². The topological polar surface area (TPSA) is 52.6 Å². The molecule has 0 aliphatic rings. The number of unbranched alkanes of at least 4 members (excludes halogenated alkanes) is 1. The normalized spacial score (nSPS) is 13.8. The molecule has 2 atom stereocenters. The minimum atomic E-state index is -0.488. The lowest BCUT2D eigenvalue weighted by molar-refractivity contribution is -0.141. The largest absolute Gasteiger partial charge is 0.462 e. The molecule has 0 rings (SSSR count). The van der Waals surface area contributed by atoms with Gasteiger partial charge in [0.1, 0.15) is 0 Å². The predicted molar refractivity (Wildman–Crippen MR) is 88.4 cm³/mol. The molecule has 0 saturated heterocycles. The van der Waals surface area contributed by atoms with E-state index in [0.717, 1.165) is 50.7 Å². The van der Waals surface area contributed by atoms with Gasteiger partial charge in [-0.2, -0.15) is 0 Å². The lowest BCUT2D eigenvalue weighted by Gasteiger charge is -2.13. The highest BCUT2D eigenvalue weighted by molar-refractivity contribution is 5.91. The SMILES string of the molecule is CCCCC(CC)COC(=O)/C=C/C(=O)OCC(C)CCC. The van der Waals surface area contributed by atoms with E-state index in [1.165, 1.54) is 0 Å². The van der Waals surface area contributed by atoms with Crippen molar-refractivity contribution in [3.63, 3.8) is 0 Å². The number of ether oxygens (including phenoxy) is 2. The molecule has 0 spiro atoms. The molecule has 0 aliphatic heterocycles. The second-order valence-corrected chi connectivity index (χ2v) is 5.90. The monoisotopic (exact) mass is 312 g/mol. The summed E-state index contributed by atoms with van der Waals surface area (Å²) in [5.41, 5.74) is 0.